The number of halogens is 7. The SMILES string of the molecule is CC1c2c(c(=O)[nH]c(=O)n2C2CC2)C(O)=C(F)C1N1CCC(C(N)C=C(C(F)(F)F)C(F)(F)F)C1. The van der Waals surface area contributed by atoms with Crippen LogP contribution in [0.25, 0.3) is 5.76 Å². The van der Waals surface area contributed by atoms with Crippen molar-refractivity contribution in [2.45, 2.75) is 62.6 Å². The first-order valence-corrected chi connectivity index (χ1v) is 11.0. The number of H-pyrrole nitrogens is 1. The van der Waals surface area contributed by atoms with Crippen LogP contribution < -0.4 is 17.0 Å². The van der Waals surface area contributed by atoms with Crippen LogP contribution in [0.4, 0.5) is 30.7 Å². The first kappa shape index (κ1) is 25.5. The minimum absolute atomic E-state index is 0.0538. The summed E-state index contributed by atoms with van der Waals surface area (Å²) in [5.41, 5.74) is 1.15. The highest BCUT2D eigenvalue weighted by molar-refractivity contribution is 5.66. The normalized spacial score (nSPS) is 26.6. The third-order valence-corrected chi connectivity index (χ3v) is 6.89. The molecule has 4 unspecified atom stereocenters. The van der Waals surface area contributed by atoms with Gasteiger partial charge in [0, 0.05) is 30.2 Å². The summed E-state index contributed by atoms with van der Waals surface area (Å²) in [6.45, 7) is 1.47. The summed E-state index contributed by atoms with van der Waals surface area (Å²) >= 11 is 0. The molecule has 1 aliphatic heterocycles. The summed E-state index contributed by atoms with van der Waals surface area (Å²) in [6.07, 6.45) is -9.96. The summed E-state index contributed by atoms with van der Waals surface area (Å²) in [4.78, 5) is 28.4. The second-order valence-corrected chi connectivity index (χ2v) is 9.25. The predicted octanol–water partition coefficient (Wildman–Crippen LogP) is 3.25. The average Bonchev–Trinajstić information content (AvgIpc) is 3.44. The van der Waals surface area contributed by atoms with Gasteiger partial charge in [0.05, 0.1) is 6.04 Å². The topological polar surface area (TPSA) is 104 Å². The molecule has 1 saturated heterocycles. The molecule has 2 aliphatic carbocycles. The Kier molecular flexibility index (Phi) is 6.19. The Bertz CT molecular complexity index is 1180. The highest BCUT2D eigenvalue weighted by Crippen LogP contribution is 2.45. The third kappa shape index (κ3) is 4.53. The van der Waals surface area contributed by atoms with Gasteiger partial charge in [0.15, 0.2) is 11.6 Å². The van der Waals surface area contributed by atoms with Gasteiger partial charge >= 0.3 is 18.0 Å². The van der Waals surface area contributed by atoms with E-state index in [2.05, 4.69) is 4.98 Å². The van der Waals surface area contributed by atoms with Crippen LogP contribution in [-0.2, 0) is 0 Å². The summed E-state index contributed by atoms with van der Waals surface area (Å²) in [5.74, 6) is -3.68. The van der Waals surface area contributed by atoms with E-state index in [0.29, 0.717) is 12.8 Å². The molecule has 7 nitrogen and oxygen atoms in total. The van der Waals surface area contributed by atoms with Gasteiger partial charge in [-0.05, 0) is 31.7 Å². The molecule has 194 valence electrons. The number of rotatable bonds is 4. The molecule has 0 amide bonds. The van der Waals surface area contributed by atoms with Crippen molar-refractivity contribution in [3.8, 4) is 0 Å². The van der Waals surface area contributed by atoms with Crippen molar-refractivity contribution >= 4 is 5.76 Å². The van der Waals surface area contributed by atoms with Gasteiger partial charge in [-0.3, -0.25) is 19.2 Å². The van der Waals surface area contributed by atoms with Crippen LogP contribution in [0.5, 0.6) is 0 Å². The molecular weight excluding hydrogens is 489 g/mol. The number of allylic oxidation sites excluding steroid dienone is 1. The van der Waals surface area contributed by atoms with E-state index in [4.69, 9.17) is 5.73 Å². The van der Waals surface area contributed by atoms with Crippen molar-refractivity contribution < 1.29 is 35.8 Å². The Labute approximate surface area is 193 Å². The van der Waals surface area contributed by atoms with Crippen molar-refractivity contribution in [1.82, 2.24) is 14.5 Å². The fraction of sp³-hybridized carbons (Fsp3) is 0.619. The zero-order valence-corrected chi connectivity index (χ0v) is 18.4. The lowest BCUT2D eigenvalue weighted by Crippen LogP contribution is -2.46. The fourth-order valence-corrected chi connectivity index (χ4v) is 5.10. The fourth-order valence-electron chi connectivity index (χ4n) is 5.10. The molecule has 2 heterocycles. The van der Waals surface area contributed by atoms with Crippen LogP contribution in [0, 0.1) is 5.92 Å². The minimum atomic E-state index is -5.64. The molecule has 1 aromatic heterocycles. The van der Waals surface area contributed by atoms with Gasteiger partial charge in [0.1, 0.15) is 11.1 Å². The molecule has 1 aromatic rings. The number of aliphatic hydroxyl groups excluding tert-OH is 1. The Morgan fingerprint density at radius 3 is 2.29 bits per heavy atom. The number of hydrogen-bond donors (Lipinski definition) is 3. The molecule has 2 fully saturated rings. The van der Waals surface area contributed by atoms with Crippen LogP contribution in [0.1, 0.15) is 49.4 Å². The number of aromatic amines is 1. The molecule has 4 atom stereocenters. The molecule has 0 aromatic carbocycles. The van der Waals surface area contributed by atoms with Gasteiger partial charge in [-0.1, -0.05) is 13.0 Å². The van der Waals surface area contributed by atoms with E-state index in [1.807, 2.05) is 0 Å². The molecule has 35 heavy (non-hydrogen) atoms. The number of likely N-dealkylation sites (tertiary alicyclic amines) is 1. The van der Waals surface area contributed by atoms with Crippen LogP contribution in [0.2, 0.25) is 0 Å². The Morgan fingerprint density at radius 1 is 1.14 bits per heavy atom. The first-order chi connectivity index (χ1) is 16.1. The maximum atomic E-state index is 15.3. The predicted molar refractivity (Wildman–Crippen MR) is 110 cm³/mol. The Balaban J connectivity index is 1.65. The molecule has 0 radical (unpaired) electrons. The zero-order chi connectivity index (χ0) is 26.0. The van der Waals surface area contributed by atoms with Crippen LogP contribution in [0.3, 0.4) is 0 Å². The number of nitrogens with two attached hydrogens (primary N) is 1. The van der Waals surface area contributed by atoms with E-state index in [0.717, 1.165) is 0 Å². The molecular formula is C21H23F7N4O3. The maximum Gasteiger partial charge on any atom is 0.421 e. The lowest BCUT2D eigenvalue weighted by molar-refractivity contribution is -0.172. The van der Waals surface area contributed by atoms with Crippen molar-refractivity contribution in [3.05, 3.63) is 49.6 Å². The van der Waals surface area contributed by atoms with Crippen molar-refractivity contribution in [3.63, 3.8) is 0 Å². The van der Waals surface area contributed by atoms with Crippen LogP contribution >= 0.6 is 0 Å². The van der Waals surface area contributed by atoms with Gasteiger partial charge in [-0.25, -0.2) is 9.18 Å². The Hall–Kier alpha value is -2.61. The number of fused-ring (bicyclic) bond motifs is 1. The smallest absolute Gasteiger partial charge is 0.421 e. The summed E-state index contributed by atoms with van der Waals surface area (Å²) in [6, 6.07) is -3.02. The quantitative estimate of drug-likeness (QED) is 0.425. The van der Waals surface area contributed by atoms with Gasteiger partial charge in [0.25, 0.3) is 5.56 Å². The van der Waals surface area contributed by atoms with E-state index in [1.165, 1.54) is 9.47 Å². The Morgan fingerprint density at radius 2 is 1.74 bits per heavy atom. The number of alkyl halides is 6. The van der Waals surface area contributed by atoms with E-state index in [-0.39, 0.29) is 42.9 Å². The van der Waals surface area contributed by atoms with Gasteiger partial charge in [-0.2, -0.15) is 26.3 Å². The van der Waals surface area contributed by atoms with E-state index in [1.54, 1.807) is 6.92 Å². The van der Waals surface area contributed by atoms with Gasteiger partial charge in [0.2, 0.25) is 0 Å². The number of nitrogens with zero attached hydrogens (tertiary/aromatic N) is 2. The van der Waals surface area contributed by atoms with E-state index >= 15 is 4.39 Å². The monoisotopic (exact) mass is 512 g/mol. The number of nitrogens with one attached hydrogen (secondary N) is 1. The summed E-state index contributed by atoms with van der Waals surface area (Å²) < 4.78 is 94.0. The third-order valence-electron chi connectivity index (χ3n) is 6.89. The molecule has 0 bridgehead atoms. The number of aliphatic hydroxyl groups is 1. The molecule has 1 saturated carbocycles. The summed E-state index contributed by atoms with van der Waals surface area (Å²) in [7, 11) is 0. The van der Waals surface area contributed by atoms with E-state index in [9.17, 15) is 41.0 Å². The average molecular weight is 512 g/mol. The lowest BCUT2D eigenvalue weighted by atomic mass is 9.85. The van der Waals surface area contributed by atoms with Gasteiger partial charge < -0.3 is 10.8 Å². The van der Waals surface area contributed by atoms with Crippen molar-refractivity contribution in [2.24, 2.45) is 11.7 Å². The highest BCUT2D eigenvalue weighted by Gasteiger charge is 2.51. The molecule has 0 spiro atoms. The molecule has 3 aliphatic rings. The lowest BCUT2D eigenvalue weighted by Gasteiger charge is -2.37. The minimum Gasteiger partial charge on any atom is -0.504 e. The number of aromatic nitrogens is 2. The van der Waals surface area contributed by atoms with Crippen molar-refractivity contribution in [2.75, 3.05) is 13.1 Å². The number of hydrogen-bond acceptors (Lipinski definition) is 5. The second-order valence-electron chi connectivity index (χ2n) is 9.25. The van der Waals surface area contributed by atoms with Crippen LogP contribution in [-0.4, -0.2) is 57.1 Å². The molecule has 14 heteroatoms. The zero-order valence-electron chi connectivity index (χ0n) is 18.4. The van der Waals surface area contributed by atoms with Crippen LogP contribution in [0.15, 0.2) is 27.1 Å². The largest absolute Gasteiger partial charge is 0.504 e. The van der Waals surface area contributed by atoms with E-state index < -0.39 is 64.7 Å². The second kappa shape index (κ2) is 8.50. The summed E-state index contributed by atoms with van der Waals surface area (Å²) in [5, 5.41) is 10.5. The first-order valence-electron chi connectivity index (χ1n) is 11.0. The standard InChI is InChI=1S/C21H23F7N4O3/c1-8-15-13(18(34)30-19(35)32(15)10-2-3-10)17(33)14(22)16(8)31-5-4-9(7-31)11(29)6-12(20(23,24)25)21(26,27)28/h6,8-11,16,33H,2-5,7,29H2,1H3,(H,30,34,35). The van der Waals surface area contributed by atoms with Gasteiger partial charge in [-0.15, -0.1) is 0 Å². The maximum absolute atomic E-state index is 15.3. The molecule has 4 rings (SSSR count). The molecule has 4 N–H and O–H groups in total. The van der Waals surface area contributed by atoms with Crippen molar-refractivity contribution in [1.29, 1.82) is 0 Å². The highest BCUT2D eigenvalue weighted by atomic mass is 19.4.